The molecule has 1 nitrogen and oxygen atoms in total. The van der Waals surface area contributed by atoms with Gasteiger partial charge in [-0.1, -0.05) is 134 Å². The summed E-state index contributed by atoms with van der Waals surface area (Å²) in [4.78, 5) is 14.0. The van der Waals surface area contributed by atoms with E-state index >= 15 is 0 Å². The summed E-state index contributed by atoms with van der Waals surface area (Å²) in [6.07, 6.45) is 15.2. The zero-order chi connectivity index (χ0) is 36.6. The van der Waals surface area contributed by atoms with Crippen LogP contribution in [-0.2, 0) is 12.3 Å². The van der Waals surface area contributed by atoms with Crippen molar-refractivity contribution in [3.63, 3.8) is 0 Å². The van der Waals surface area contributed by atoms with Crippen LogP contribution in [0.5, 0.6) is 0 Å². The second kappa shape index (κ2) is 17.1. The van der Waals surface area contributed by atoms with Crippen molar-refractivity contribution in [2.45, 2.75) is 87.9 Å². The van der Waals surface area contributed by atoms with Crippen molar-refractivity contribution in [2.75, 3.05) is 0 Å². The van der Waals surface area contributed by atoms with Gasteiger partial charge < -0.3 is 0 Å². The van der Waals surface area contributed by atoms with Crippen molar-refractivity contribution >= 4 is 41.5 Å². The summed E-state index contributed by atoms with van der Waals surface area (Å²) < 4.78 is 0. The molecule has 0 radical (unpaired) electrons. The zero-order valence-electron chi connectivity index (χ0n) is 31.6. The number of carbonyl (C=O) groups excluding carboxylic acids is 1. The molecule has 2 fully saturated rings. The quantitative estimate of drug-likeness (QED) is 0.0901. The Morgan fingerprint density at radius 1 is 0.370 bits per heavy atom. The fraction of sp³-hybridized carbons (Fsp3) is 0.275. The number of carbonyl (C=O) groups is 1. The van der Waals surface area contributed by atoms with Gasteiger partial charge in [0.05, 0.1) is 59.4 Å². The van der Waals surface area contributed by atoms with E-state index in [2.05, 4.69) is 170 Å². The minimum absolute atomic E-state index is 0.104. The molecule has 6 aromatic carbocycles. The Hall–Kier alpha value is -4.15. The molecule has 2 aliphatic carbocycles. The predicted molar refractivity (Wildman–Crippen MR) is 236 cm³/mol. The first-order valence-corrected chi connectivity index (χ1v) is 24.5. The van der Waals surface area contributed by atoms with Crippen LogP contribution in [0.1, 0.15) is 91.3 Å². The van der Waals surface area contributed by atoms with Crippen LogP contribution < -0.4 is 21.2 Å². The van der Waals surface area contributed by atoms with E-state index in [1.165, 1.54) is 96.6 Å². The van der Waals surface area contributed by atoms with E-state index in [0.29, 0.717) is 11.3 Å². The summed E-state index contributed by atoms with van der Waals surface area (Å²) in [5.74, 6) is 0.104. The van der Waals surface area contributed by atoms with Crippen molar-refractivity contribution in [3.8, 4) is 0 Å². The molecule has 2 saturated carbocycles. The molecule has 0 amide bonds. The average Bonchev–Trinajstić information content (AvgIpc) is 3.27. The molecule has 8 rings (SSSR count). The lowest BCUT2D eigenvalue weighted by atomic mass is 10.0. The third kappa shape index (κ3) is 7.56. The first kappa shape index (κ1) is 36.8. The van der Waals surface area contributed by atoms with Crippen LogP contribution in [0.3, 0.4) is 0 Å². The average molecular weight is 745 g/mol. The lowest BCUT2D eigenvalue weighted by Gasteiger charge is -2.37. The molecule has 272 valence electrons. The highest BCUT2D eigenvalue weighted by Gasteiger charge is 2.51. The molecule has 6 aromatic rings. The van der Waals surface area contributed by atoms with Crippen LogP contribution in [0.25, 0.3) is 0 Å². The summed E-state index contributed by atoms with van der Waals surface area (Å²) in [5.41, 5.74) is 5.56. The summed E-state index contributed by atoms with van der Waals surface area (Å²) >= 11 is 0. The molecule has 0 aromatic heterocycles. The number of benzene rings is 6. The van der Waals surface area contributed by atoms with Crippen LogP contribution in [0.2, 0.25) is 0 Å². The summed E-state index contributed by atoms with van der Waals surface area (Å²) in [5, 5.41) is 6.05. The molecule has 0 saturated heterocycles. The molecule has 2 aliphatic rings. The van der Waals surface area contributed by atoms with Gasteiger partial charge in [-0.15, -0.1) is 0 Å². The predicted octanol–water partition coefficient (Wildman–Crippen LogP) is 11.9. The van der Waals surface area contributed by atoms with Crippen molar-refractivity contribution in [3.05, 3.63) is 192 Å². The van der Waals surface area contributed by atoms with E-state index in [1.807, 2.05) is 0 Å². The number of hydrogen-bond donors (Lipinski definition) is 0. The van der Waals surface area contributed by atoms with Gasteiger partial charge in [0.15, 0.2) is 5.78 Å². The van der Waals surface area contributed by atoms with Crippen LogP contribution in [-0.4, -0.2) is 17.1 Å². The van der Waals surface area contributed by atoms with Gasteiger partial charge in [0, 0.05) is 11.1 Å². The SMILES string of the molecule is O=C(c1ccc(C[P+](c2ccccc2)(c2ccccc2)C2CCCCC2)cc1)c1ccc(C[P+](c2ccccc2)(c2ccccc2)C2CCCCC2)cc1. The maximum atomic E-state index is 14.0. The molecular formula is C51H54OP2+2. The summed E-state index contributed by atoms with van der Waals surface area (Å²) in [7, 11) is -3.51. The van der Waals surface area contributed by atoms with Gasteiger partial charge in [0.2, 0.25) is 0 Å². The van der Waals surface area contributed by atoms with Crippen molar-refractivity contribution < 1.29 is 4.79 Å². The van der Waals surface area contributed by atoms with E-state index in [-0.39, 0.29) is 5.78 Å². The van der Waals surface area contributed by atoms with Gasteiger partial charge in [-0.05, 0) is 111 Å². The Bertz CT molecular complexity index is 1830. The van der Waals surface area contributed by atoms with Gasteiger partial charge in [-0.3, -0.25) is 4.79 Å². The zero-order valence-corrected chi connectivity index (χ0v) is 33.4. The molecule has 0 spiro atoms. The lowest BCUT2D eigenvalue weighted by molar-refractivity contribution is 0.103. The Morgan fingerprint density at radius 3 is 0.926 bits per heavy atom. The van der Waals surface area contributed by atoms with Gasteiger partial charge in [-0.2, -0.15) is 0 Å². The Balaban J connectivity index is 1.07. The minimum atomic E-state index is -1.76. The van der Waals surface area contributed by atoms with Gasteiger partial charge in [0.25, 0.3) is 0 Å². The highest BCUT2D eigenvalue weighted by molar-refractivity contribution is 7.89. The van der Waals surface area contributed by atoms with E-state index in [9.17, 15) is 4.79 Å². The molecule has 3 heteroatoms. The van der Waals surface area contributed by atoms with E-state index < -0.39 is 14.5 Å². The first-order valence-electron chi connectivity index (χ1n) is 20.4. The number of rotatable bonds is 12. The third-order valence-electron chi connectivity index (χ3n) is 12.6. The van der Waals surface area contributed by atoms with Crippen molar-refractivity contribution in [1.82, 2.24) is 0 Å². The molecule has 0 heterocycles. The van der Waals surface area contributed by atoms with Crippen molar-refractivity contribution in [1.29, 1.82) is 0 Å². The highest BCUT2D eigenvalue weighted by Crippen LogP contribution is 2.67. The van der Waals surface area contributed by atoms with Gasteiger partial charge >= 0.3 is 0 Å². The van der Waals surface area contributed by atoms with Crippen LogP contribution >= 0.6 is 14.5 Å². The van der Waals surface area contributed by atoms with Crippen molar-refractivity contribution in [2.24, 2.45) is 0 Å². The number of ketones is 1. The Morgan fingerprint density at radius 2 is 0.648 bits per heavy atom. The topological polar surface area (TPSA) is 17.1 Å². The first-order chi connectivity index (χ1) is 26.7. The largest absolute Gasteiger partial charge is 0.289 e. The summed E-state index contributed by atoms with van der Waals surface area (Å²) in [6.45, 7) is 0. The highest BCUT2D eigenvalue weighted by atomic mass is 31.2. The molecule has 0 unspecified atom stereocenters. The normalized spacial score (nSPS) is 15.9. The molecule has 0 atom stereocenters. The Labute approximate surface area is 325 Å². The smallest absolute Gasteiger partial charge is 0.193 e. The van der Waals surface area contributed by atoms with E-state index in [4.69, 9.17) is 0 Å². The molecule has 54 heavy (non-hydrogen) atoms. The van der Waals surface area contributed by atoms with Crippen LogP contribution in [0, 0.1) is 0 Å². The molecule has 0 N–H and O–H groups in total. The molecule has 0 bridgehead atoms. The minimum Gasteiger partial charge on any atom is -0.289 e. The maximum absolute atomic E-state index is 14.0. The standard InChI is InChI=1S/C51H54OP2/c52-51(43-35-31-41(32-36-43)39-53(45-19-7-1-8-20-45,46-21-9-2-10-22-46)47-23-11-3-12-24-47)44-37-33-42(34-38-44)40-54(48-25-13-4-14-26-48,49-27-15-5-16-28-49)50-29-17-6-18-30-50/h1-2,4-5,7-10,13-16,19-22,25-28,31-38,47,50H,3,6,11-12,17-18,23-24,29-30,39-40H2/q+2. The van der Waals surface area contributed by atoms with E-state index in [0.717, 1.165) is 23.5 Å². The maximum Gasteiger partial charge on any atom is 0.193 e. The van der Waals surface area contributed by atoms with Gasteiger partial charge in [-0.25, -0.2) is 0 Å². The third-order valence-corrected chi connectivity index (χ3v) is 22.7. The monoisotopic (exact) mass is 744 g/mol. The molecule has 0 aliphatic heterocycles. The second-order valence-corrected chi connectivity index (χ2v) is 23.3. The lowest BCUT2D eigenvalue weighted by Crippen LogP contribution is -2.34. The fourth-order valence-corrected chi connectivity index (χ4v) is 20.3. The van der Waals surface area contributed by atoms with E-state index in [1.54, 1.807) is 0 Å². The Kier molecular flexibility index (Phi) is 11.7. The number of hydrogen-bond acceptors (Lipinski definition) is 1. The second-order valence-electron chi connectivity index (χ2n) is 15.7. The molecular weight excluding hydrogens is 691 g/mol. The summed E-state index contributed by atoms with van der Waals surface area (Å²) in [6, 6.07) is 62.8. The van der Waals surface area contributed by atoms with Crippen LogP contribution in [0.4, 0.5) is 0 Å². The fourth-order valence-electron chi connectivity index (χ4n) is 9.85. The van der Waals surface area contributed by atoms with Gasteiger partial charge in [0.1, 0.15) is 0 Å². The van der Waals surface area contributed by atoms with Crippen LogP contribution in [0.15, 0.2) is 170 Å².